The summed E-state index contributed by atoms with van der Waals surface area (Å²) >= 11 is 0. The summed E-state index contributed by atoms with van der Waals surface area (Å²) in [6, 6.07) is 0. The van der Waals surface area contributed by atoms with Gasteiger partial charge in [-0.25, -0.2) is 0 Å². The molecule has 6 heteroatoms. The van der Waals surface area contributed by atoms with Crippen molar-refractivity contribution in [3.8, 4) is 0 Å². The fourth-order valence-electron chi connectivity index (χ4n) is 2.64. The predicted molar refractivity (Wildman–Crippen MR) is 108 cm³/mol. The Hall–Kier alpha value is -0.240. The first-order valence-corrected chi connectivity index (χ1v) is 10.8. The first-order chi connectivity index (χ1) is 13.3. The highest BCUT2D eigenvalue weighted by Gasteiger charge is 2.06. The maximum atomic E-state index is 8.54. The molecule has 0 aliphatic heterocycles. The molecule has 1 atom stereocenters. The third kappa shape index (κ3) is 21.9. The van der Waals surface area contributed by atoms with E-state index in [9.17, 15) is 0 Å². The second kappa shape index (κ2) is 23.8. The molecule has 1 N–H and O–H groups in total. The molecule has 0 heterocycles. The van der Waals surface area contributed by atoms with Crippen LogP contribution in [0.3, 0.4) is 0 Å². The summed E-state index contributed by atoms with van der Waals surface area (Å²) in [5, 5.41) is 8.54. The molecule has 0 radical (unpaired) electrons. The van der Waals surface area contributed by atoms with Crippen molar-refractivity contribution in [1.29, 1.82) is 0 Å². The molecule has 0 bridgehead atoms. The van der Waals surface area contributed by atoms with Crippen molar-refractivity contribution < 1.29 is 28.8 Å². The minimum absolute atomic E-state index is 0.0481. The van der Waals surface area contributed by atoms with Gasteiger partial charge < -0.3 is 28.8 Å². The van der Waals surface area contributed by atoms with Gasteiger partial charge in [-0.1, -0.05) is 52.4 Å². The Kier molecular flexibility index (Phi) is 23.6. The van der Waals surface area contributed by atoms with Gasteiger partial charge in [0.2, 0.25) is 0 Å². The Morgan fingerprint density at radius 2 is 1.07 bits per heavy atom. The number of ether oxygens (including phenoxy) is 5. The topological polar surface area (TPSA) is 66.4 Å². The van der Waals surface area contributed by atoms with E-state index < -0.39 is 0 Å². The van der Waals surface area contributed by atoms with Crippen LogP contribution in [0.2, 0.25) is 0 Å². The summed E-state index contributed by atoms with van der Waals surface area (Å²) in [5.41, 5.74) is 0. The van der Waals surface area contributed by atoms with E-state index in [-0.39, 0.29) is 6.61 Å². The number of unbranched alkanes of at least 4 members (excludes halogenated alkanes) is 4. The van der Waals surface area contributed by atoms with Crippen LogP contribution in [0.15, 0.2) is 0 Å². The van der Waals surface area contributed by atoms with E-state index in [1.54, 1.807) is 0 Å². The number of rotatable bonds is 23. The van der Waals surface area contributed by atoms with Crippen molar-refractivity contribution in [1.82, 2.24) is 0 Å². The van der Waals surface area contributed by atoms with Crippen LogP contribution in [0.4, 0.5) is 0 Å². The van der Waals surface area contributed by atoms with Crippen LogP contribution < -0.4 is 0 Å². The van der Waals surface area contributed by atoms with Crippen LogP contribution in [0, 0.1) is 5.92 Å². The lowest BCUT2D eigenvalue weighted by Gasteiger charge is -2.15. The monoisotopic (exact) mass is 392 g/mol. The summed E-state index contributed by atoms with van der Waals surface area (Å²) in [7, 11) is 0. The molecule has 0 rings (SSSR count). The van der Waals surface area contributed by atoms with E-state index in [4.69, 9.17) is 28.8 Å². The van der Waals surface area contributed by atoms with Crippen LogP contribution >= 0.6 is 0 Å². The summed E-state index contributed by atoms with van der Waals surface area (Å²) in [4.78, 5) is 0. The number of hydrogen-bond donors (Lipinski definition) is 1. The molecule has 0 aromatic carbocycles. The lowest BCUT2D eigenvalue weighted by Crippen LogP contribution is -2.15. The Balaban J connectivity index is 3.20. The second-order valence-electron chi connectivity index (χ2n) is 6.73. The largest absolute Gasteiger partial charge is 0.394 e. The molecule has 1 unspecified atom stereocenters. The first-order valence-electron chi connectivity index (χ1n) is 10.8. The molecule has 0 aliphatic rings. The second-order valence-corrected chi connectivity index (χ2v) is 6.73. The van der Waals surface area contributed by atoms with Crippen LogP contribution in [0.1, 0.15) is 58.8 Å². The standard InChI is InChI=1S/C21H44O6/c1-3-5-6-7-8-9-21(4-2)20-27-19-18-26-17-16-25-15-14-24-13-12-23-11-10-22/h21-22H,3-20H2,1-2H3. The summed E-state index contributed by atoms with van der Waals surface area (Å²) < 4.78 is 27.1. The van der Waals surface area contributed by atoms with E-state index >= 15 is 0 Å². The number of aliphatic hydroxyl groups excluding tert-OH is 1. The Labute approximate surface area is 166 Å². The summed E-state index contributed by atoms with van der Waals surface area (Å²) in [6.45, 7) is 10.3. The van der Waals surface area contributed by atoms with E-state index in [1.165, 1.54) is 44.9 Å². The Morgan fingerprint density at radius 3 is 1.56 bits per heavy atom. The van der Waals surface area contributed by atoms with Gasteiger partial charge in [-0.3, -0.25) is 0 Å². The van der Waals surface area contributed by atoms with Gasteiger partial charge in [-0.15, -0.1) is 0 Å². The van der Waals surface area contributed by atoms with Gasteiger partial charge in [-0.05, 0) is 12.3 Å². The maximum absolute atomic E-state index is 8.54. The van der Waals surface area contributed by atoms with Gasteiger partial charge in [0.15, 0.2) is 0 Å². The molecule has 0 aromatic heterocycles. The number of aliphatic hydroxyl groups is 1. The highest BCUT2D eigenvalue weighted by atomic mass is 16.6. The molecule has 6 nitrogen and oxygen atoms in total. The zero-order chi connectivity index (χ0) is 19.8. The minimum atomic E-state index is 0.0481. The van der Waals surface area contributed by atoms with Gasteiger partial charge in [-0.2, -0.15) is 0 Å². The molecule has 0 saturated carbocycles. The summed E-state index contributed by atoms with van der Waals surface area (Å²) in [6.07, 6.45) is 9.20. The maximum Gasteiger partial charge on any atom is 0.0701 e. The van der Waals surface area contributed by atoms with Crippen molar-refractivity contribution in [2.24, 2.45) is 5.92 Å². The lowest BCUT2D eigenvalue weighted by atomic mass is 9.99. The molecular formula is C21H44O6. The molecular weight excluding hydrogens is 348 g/mol. The van der Waals surface area contributed by atoms with Crippen molar-refractivity contribution in [3.63, 3.8) is 0 Å². The molecule has 0 aliphatic carbocycles. The number of hydrogen-bond acceptors (Lipinski definition) is 6. The minimum Gasteiger partial charge on any atom is -0.394 e. The summed E-state index contributed by atoms with van der Waals surface area (Å²) in [5.74, 6) is 0.684. The first kappa shape index (κ1) is 26.8. The van der Waals surface area contributed by atoms with Crippen LogP contribution in [0.5, 0.6) is 0 Å². The molecule has 0 saturated heterocycles. The average Bonchev–Trinajstić information content (AvgIpc) is 2.69. The smallest absolute Gasteiger partial charge is 0.0701 e. The zero-order valence-corrected chi connectivity index (χ0v) is 17.8. The van der Waals surface area contributed by atoms with Crippen molar-refractivity contribution in [3.05, 3.63) is 0 Å². The third-order valence-corrected chi connectivity index (χ3v) is 4.37. The Morgan fingerprint density at radius 1 is 0.593 bits per heavy atom. The molecule has 0 aromatic rings. The van der Waals surface area contributed by atoms with E-state index in [0.29, 0.717) is 65.4 Å². The van der Waals surface area contributed by atoms with Gasteiger partial charge in [0.1, 0.15) is 0 Å². The van der Waals surface area contributed by atoms with E-state index in [2.05, 4.69) is 13.8 Å². The van der Waals surface area contributed by atoms with Crippen LogP contribution in [0.25, 0.3) is 0 Å². The molecule has 164 valence electrons. The molecule has 0 amide bonds. The van der Waals surface area contributed by atoms with Crippen molar-refractivity contribution in [2.45, 2.75) is 58.8 Å². The van der Waals surface area contributed by atoms with Crippen molar-refractivity contribution >= 4 is 0 Å². The fraction of sp³-hybridized carbons (Fsp3) is 1.00. The normalized spacial score (nSPS) is 12.6. The van der Waals surface area contributed by atoms with Gasteiger partial charge >= 0.3 is 0 Å². The SMILES string of the molecule is CCCCCCCC(CC)COCCOCCOCCOCCOCCO. The van der Waals surface area contributed by atoms with E-state index in [0.717, 1.165) is 6.61 Å². The molecule has 0 spiro atoms. The fourth-order valence-corrected chi connectivity index (χ4v) is 2.64. The van der Waals surface area contributed by atoms with Crippen LogP contribution in [-0.4, -0.2) is 77.8 Å². The van der Waals surface area contributed by atoms with Gasteiger partial charge in [0, 0.05) is 6.61 Å². The van der Waals surface area contributed by atoms with Gasteiger partial charge in [0.25, 0.3) is 0 Å². The van der Waals surface area contributed by atoms with Crippen molar-refractivity contribution in [2.75, 3.05) is 72.7 Å². The quantitative estimate of drug-likeness (QED) is 0.269. The highest BCUT2D eigenvalue weighted by molar-refractivity contribution is 4.57. The predicted octanol–water partition coefficient (Wildman–Crippen LogP) is 3.45. The molecule has 0 fully saturated rings. The highest BCUT2D eigenvalue weighted by Crippen LogP contribution is 2.15. The average molecular weight is 393 g/mol. The van der Waals surface area contributed by atoms with Gasteiger partial charge in [0.05, 0.1) is 66.1 Å². The Bertz CT molecular complexity index is 265. The third-order valence-electron chi connectivity index (χ3n) is 4.37. The molecule has 27 heavy (non-hydrogen) atoms. The van der Waals surface area contributed by atoms with E-state index in [1.807, 2.05) is 0 Å². The zero-order valence-electron chi connectivity index (χ0n) is 17.8. The van der Waals surface area contributed by atoms with Crippen LogP contribution in [-0.2, 0) is 23.7 Å². The lowest BCUT2D eigenvalue weighted by molar-refractivity contribution is -0.0158.